The molecule has 2 amide bonds. The Kier molecular flexibility index (Phi) is 4.27. The summed E-state index contributed by atoms with van der Waals surface area (Å²) in [6.45, 7) is 3.27. The van der Waals surface area contributed by atoms with Crippen LogP contribution in [0.25, 0.3) is 0 Å². The third-order valence-electron chi connectivity index (χ3n) is 2.85. The summed E-state index contributed by atoms with van der Waals surface area (Å²) in [4.78, 5) is 32.6. The zero-order valence-corrected chi connectivity index (χ0v) is 10.8. The number of carbonyl (C=O) groups is 2. The van der Waals surface area contributed by atoms with Gasteiger partial charge in [-0.3, -0.25) is 9.59 Å². The first-order valence-electron chi connectivity index (χ1n) is 6.26. The number of nitrogens with one attached hydrogen (secondary N) is 2. The Labute approximate surface area is 111 Å². The fourth-order valence-corrected chi connectivity index (χ4v) is 1.93. The van der Waals surface area contributed by atoms with E-state index in [1.807, 2.05) is 0 Å². The van der Waals surface area contributed by atoms with Crippen LogP contribution in [0.1, 0.15) is 19.8 Å². The van der Waals surface area contributed by atoms with Gasteiger partial charge in [-0.2, -0.15) is 0 Å². The molecule has 7 heteroatoms. The number of carbonyl (C=O) groups excluding carboxylic acids is 2. The summed E-state index contributed by atoms with van der Waals surface area (Å²) >= 11 is 0. The second-order valence-corrected chi connectivity index (χ2v) is 4.41. The van der Waals surface area contributed by atoms with Crippen LogP contribution in [-0.2, 0) is 9.59 Å². The Morgan fingerprint density at radius 2 is 2.05 bits per heavy atom. The molecule has 2 N–H and O–H groups in total. The fourth-order valence-electron chi connectivity index (χ4n) is 1.93. The molecular weight excluding hydrogens is 246 g/mol. The Morgan fingerprint density at radius 1 is 1.32 bits per heavy atom. The zero-order chi connectivity index (χ0) is 13.7. The Hall–Kier alpha value is -2.18. The number of hydrogen-bond acceptors (Lipinski definition) is 5. The summed E-state index contributed by atoms with van der Waals surface area (Å²) in [6.07, 6.45) is 3.75. The molecule has 0 radical (unpaired) electrons. The highest BCUT2D eigenvalue weighted by molar-refractivity contribution is 5.93. The number of hydrogen-bond donors (Lipinski definition) is 2. The van der Waals surface area contributed by atoms with E-state index in [0.29, 0.717) is 5.82 Å². The predicted molar refractivity (Wildman–Crippen MR) is 70.8 cm³/mol. The van der Waals surface area contributed by atoms with Crippen molar-refractivity contribution >= 4 is 23.5 Å². The number of amides is 2. The summed E-state index contributed by atoms with van der Waals surface area (Å²) in [5.74, 6) is 0.728. The molecule has 2 heterocycles. The van der Waals surface area contributed by atoms with Crippen molar-refractivity contribution in [3.8, 4) is 0 Å². The molecule has 1 aliphatic heterocycles. The van der Waals surface area contributed by atoms with E-state index in [9.17, 15) is 9.59 Å². The Morgan fingerprint density at radius 3 is 2.74 bits per heavy atom. The lowest BCUT2D eigenvalue weighted by Gasteiger charge is -2.16. The maximum absolute atomic E-state index is 11.5. The third-order valence-corrected chi connectivity index (χ3v) is 2.85. The highest BCUT2D eigenvalue weighted by Gasteiger charge is 2.14. The maximum atomic E-state index is 11.5. The second-order valence-electron chi connectivity index (χ2n) is 4.41. The van der Waals surface area contributed by atoms with E-state index in [1.54, 1.807) is 6.07 Å². The van der Waals surface area contributed by atoms with Crippen LogP contribution in [-0.4, -0.2) is 41.4 Å². The summed E-state index contributed by atoms with van der Waals surface area (Å²) in [5.41, 5.74) is 0. The van der Waals surface area contributed by atoms with Crippen molar-refractivity contribution in [1.82, 2.24) is 15.3 Å². The average molecular weight is 263 g/mol. The molecule has 1 aromatic rings. The summed E-state index contributed by atoms with van der Waals surface area (Å²) in [5, 5.41) is 5.06. The van der Waals surface area contributed by atoms with Crippen LogP contribution >= 0.6 is 0 Å². The number of nitrogens with zero attached hydrogens (tertiary/aromatic N) is 3. The Bertz CT molecular complexity index is 471. The molecule has 2 rings (SSSR count). The monoisotopic (exact) mass is 263 g/mol. The van der Waals surface area contributed by atoms with Gasteiger partial charge in [0.05, 0.1) is 6.54 Å². The quantitative estimate of drug-likeness (QED) is 0.807. The van der Waals surface area contributed by atoms with Gasteiger partial charge in [0.2, 0.25) is 11.8 Å². The molecule has 0 bridgehead atoms. The van der Waals surface area contributed by atoms with Gasteiger partial charge < -0.3 is 15.5 Å². The number of aromatic nitrogens is 2. The highest BCUT2D eigenvalue weighted by Crippen LogP contribution is 2.18. The van der Waals surface area contributed by atoms with Crippen molar-refractivity contribution in [3.63, 3.8) is 0 Å². The SMILES string of the molecule is CC(=O)NCC(=O)Nc1cc(N2CCCC2)ncn1. The van der Waals surface area contributed by atoms with Gasteiger partial charge in [0.1, 0.15) is 18.0 Å². The van der Waals surface area contributed by atoms with E-state index in [0.717, 1.165) is 31.7 Å². The Balaban J connectivity index is 1.94. The topological polar surface area (TPSA) is 87.2 Å². The van der Waals surface area contributed by atoms with Gasteiger partial charge in [0.15, 0.2) is 0 Å². The second kappa shape index (κ2) is 6.12. The first-order chi connectivity index (χ1) is 9.15. The van der Waals surface area contributed by atoms with E-state index >= 15 is 0 Å². The van der Waals surface area contributed by atoms with Crippen molar-refractivity contribution in [2.75, 3.05) is 29.9 Å². The highest BCUT2D eigenvalue weighted by atomic mass is 16.2. The molecular formula is C12H17N5O2. The lowest BCUT2D eigenvalue weighted by atomic mass is 10.4. The largest absolute Gasteiger partial charge is 0.356 e. The number of anilines is 2. The van der Waals surface area contributed by atoms with Crippen molar-refractivity contribution < 1.29 is 9.59 Å². The van der Waals surface area contributed by atoms with Gasteiger partial charge in [0.25, 0.3) is 0 Å². The van der Waals surface area contributed by atoms with Gasteiger partial charge in [-0.15, -0.1) is 0 Å². The van der Waals surface area contributed by atoms with Crippen LogP contribution in [0.4, 0.5) is 11.6 Å². The van der Waals surface area contributed by atoms with Crippen molar-refractivity contribution in [2.24, 2.45) is 0 Å². The van der Waals surface area contributed by atoms with Gasteiger partial charge in [0, 0.05) is 26.1 Å². The maximum Gasteiger partial charge on any atom is 0.244 e. The molecule has 7 nitrogen and oxygen atoms in total. The molecule has 0 aromatic carbocycles. The van der Waals surface area contributed by atoms with Gasteiger partial charge in [-0.1, -0.05) is 0 Å². The molecule has 19 heavy (non-hydrogen) atoms. The predicted octanol–water partition coefficient (Wildman–Crippen LogP) is 0.151. The van der Waals surface area contributed by atoms with Crippen LogP contribution < -0.4 is 15.5 Å². The smallest absolute Gasteiger partial charge is 0.244 e. The molecule has 0 saturated carbocycles. The minimum atomic E-state index is -0.304. The molecule has 0 unspecified atom stereocenters. The minimum Gasteiger partial charge on any atom is -0.356 e. The summed E-state index contributed by atoms with van der Waals surface area (Å²) < 4.78 is 0. The average Bonchev–Trinajstić information content (AvgIpc) is 2.90. The molecule has 1 aromatic heterocycles. The summed E-state index contributed by atoms with van der Waals surface area (Å²) in [6, 6.07) is 1.75. The summed E-state index contributed by atoms with van der Waals surface area (Å²) in [7, 11) is 0. The first-order valence-corrected chi connectivity index (χ1v) is 6.26. The van der Waals surface area contributed by atoms with Crippen LogP contribution in [0.15, 0.2) is 12.4 Å². The normalized spacial score (nSPS) is 14.3. The van der Waals surface area contributed by atoms with Gasteiger partial charge in [-0.25, -0.2) is 9.97 Å². The molecule has 1 fully saturated rings. The first kappa shape index (κ1) is 13.3. The van der Waals surface area contributed by atoms with Crippen LogP contribution in [0.5, 0.6) is 0 Å². The van der Waals surface area contributed by atoms with Crippen molar-refractivity contribution in [2.45, 2.75) is 19.8 Å². The molecule has 1 aliphatic rings. The minimum absolute atomic E-state index is 0.0572. The van der Waals surface area contributed by atoms with Gasteiger partial charge >= 0.3 is 0 Å². The molecule has 0 atom stereocenters. The van der Waals surface area contributed by atoms with Crippen LogP contribution in [0, 0.1) is 0 Å². The lowest BCUT2D eigenvalue weighted by Crippen LogP contribution is -2.31. The van der Waals surface area contributed by atoms with Gasteiger partial charge in [-0.05, 0) is 12.8 Å². The van der Waals surface area contributed by atoms with E-state index in [2.05, 4.69) is 25.5 Å². The van der Waals surface area contributed by atoms with Crippen molar-refractivity contribution in [1.29, 1.82) is 0 Å². The number of rotatable bonds is 4. The zero-order valence-electron chi connectivity index (χ0n) is 10.8. The lowest BCUT2D eigenvalue weighted by molar-refractivity contribution is -0.122. The molecule has 0 aliphatic carbocycles. The molecule has 1 saturated heterocycles. The van der Waals surface area contributed by atoms with E-state index in [-0.39, 0.29) is 18.4 Å². The van der Waals surface area contributed by atoms with E-state index in [4.69, 9.17) is 0 Å². The van der Waals surface area contributed by atoms with Crippen LogP contribution in [0.3, 0.4) is 0 Å². The van der Waals surface area contributed by atoms with Crippen molar-refractivity contribution in [3.05, 3.63) is 12.4 Å². The van der Waals surface area contributed by atoms with E-state index in [1.165, 1.54) is 13.3 Å². The molecule has 102 valence electrons. The van der Waals surface area contributed by atoms with E-state index < -0.39 is 0 Å². The van der Waals surface area contributed by atoms with Crippen LogP contribution in [0.2, 0.25) is 0 Å². The third kappa shape index (κ3) is 3.90. The fraction of sp³-hybridized carbons (Fsp3) is 0.500. The standard InChI is InChI=1S/C12H17N5O2/c1-9(18)13-7-12(19)16-10-6-11(15-8-14-10)17-4-2-3-5-17/h6,8H,2-5,7H2,1H3,(H,13,18)(H,14,15,16,19). The molecule has 0 spiro atoms.